The van der Waals surface area contributed by atoms with Gasteiger partial charge in [-0.15, -0.1) is 6.58 Å². The van der Waals surface area contributed by atoms with Crippen molar-refractivity contribution in [3.8, 4) is 0 Å². The molecule has 0 saturated carbocycles. The van der Waals surface area contributed by atoms with Crippen LogP contribution in [0, 0.1) is 0 Å². The van der Waals surface area contributed by atoms with Gasteiger partial charge in [0.05, 0.1) is 6.61 Å². The Labute approximate surface area is 65.7 Å². The largest absolute Gasteiger partial charge is 0.344 e. The Bertz CT molecular complexity index is 160. The predicted molar refractivity (Wildman–Crippen MR) is 42.5 cm³/mol. The fraction of sp³-hybridized carbons (Fsp3) is 0.333. The van der Waals surface area contributed by atoms with Crippen LogP contribution >= 0.6 is 16.5 Å². The summed E-state index contributed by atoms with van der Waals surface area (Å²) in [7, 11) is -5.93. The van der Waals surface area contributed by atoms with Gasteiger partial charge >= 0.3 is 16.5 Å². The molecule has 2 atom stereocenters. The normalized spacial score (nSPS) is 14.6. The molecule has 0 aromatic carbocycles. The molecule has 0 aliphatic rings. The van der Waals surface area contributed by atoms with Crippen molar-refractivity contribution in [2.75, 3.05) is 6.61 Å². The summed E-state index contributed by atoms with van der Waals surface area (Å²) < 4.78 is 28.5. The summed E-state index contributed by atoms with van der Waals surface area (Å²) in [6, 6.07) is 0. The van der Waals surface area contributed by atoms with Crippen molar-refractivity contribution < 1.29 is 22.9 Å². The molecule has 0 aliphatic carbocycles. The van der Waals surface area contributed by atoms with E-state index in [1.807, 2.05) is 0 Å². The molecule has 4 N–H and O–H groups in total. The Kier molecular flexibility index (Phi) is 10.1. The average molecular weight is 203 g/mol. The molecule has 0 spiro atoms. The van der Waals surface area contributed by atoms with Gasteiger partial charge in [0.25, 0.3) is 0 Å². The highest BCUT2D eigenvalue weighted by molar-refractivity contribution is 7.47. The van der Waals surface area contributed by atoms with Crippen molar-refractivity contribution in [3.05, 3.63) is 12.7 Å². The lowest BCUT2D eigenvalue weighted by atomic mass is 10.7. The van der Waals surface area contributed by atoms with Gasteiger partial charge in [0.2, 0.25) is 0 Å². The van der Waals surface area contributed by atoms with E-state index in [1.165, 1.54) is 6.08 Å². The standard InChI is InChI=1S/C3H8O5P2.H3N/c1-2-3-7-10(6)8-9(4)5;/h2,9-10H,1,3H2,(H,4,5);1H3. The number of hydrogen-bond acceptors (Lipinski definition) is 5. The first kappa shape index (κ1) is 13.6. The van der Waals surface area contributed by atoms with Gasteiger partial charge < -0.3 is 15.6 Å². The van der Waals surface area contributed by atoms with Gasteiger partial charge in [-0.1, -0.05) is 6.08 Å². The van der Waals surface area contributed by atoms with Crippen LogP contribution in [-0.4, -0.2) is 11.5 Å². The van der Waals surface area contributed by atoms with Crippen LogP contribution < -0.4 is 6.15 Å². The van der Waals surface area contributed by atoms with Crippen LogP contribution in [0.1, 0.15) is 0 Å². The lowest BCUT2D eigenvalue weighted by Gasteiger charge is -1.97. The van der Waals surface area contributed by atoms with Crippen molar-refractivity contribution in [1.29, 1.82) is 0 Å². The van der Waals surface area contributed by atoms with Crippen molar-refractivity contribution in [1.82, 2.24) is 6.15 Å². The van der Waals surface area contributed by atoms with Crippen LogP contribution in [-0.2, 0) is 18.0 Å². The van der Waals surface area contributed by atoms with Gasteiger partial charge in [0, 0.05) is 0 Å². The molecular weight excluding hydrogens is 192 g/mol. The van der Waals surface area contributed by atoms with Crippen molar-refractivity contribution >= 4 is 16.5 Å². The maximum absolute atomic E-state index is 10.4. The molecule has 0 heterocycles. The highest BCUT2D eigenvalue weighted by atomic mass is 31.2. The maximum atomic E-state index is 10.4. The number of rotatable bonds is 5. The van der Waals surface area contributed by atoms with Gasteiger partial charge in [-0.2, -0.15) is 0 Å². The molecule has 0 amide bonds. The first-order valence-corrected chi connectivity index (χ1v) is 4.84. The third-order valence-electron chi connectivity index (χ3n) is 0.490. The van der Waals surface area contributed by atoms with E-state index < -0.39 is 16.5 Å². The van der Waals surface area contributed by atoms with E-state index in [2.05, 4.69) is 15.4 Å². The molecule has 0 radical (unpaired) electrons. The smallest absolute Gasteiger partial charge is 0.326 e. The van der Waals surface area contributed by atoms with Crippen LogP contribution in [0.25, 0.3) is 0 Å². The van der Waals surface area contributed by atoms with Crippen LogP contribution in [0.5, 0.6) is 0 Å². The van der Waals surface area contributed by atoms with Crippen LogP contribution in [0.3, 0.4) is 0 Å². The van der Waals surface area contributed by atoms with E-state index in [1.54, 1.807) is 0 Å². The zero-order valence-corrected chi connectivity index (χ0v) is 7.78. The Morgan fingerprint density at radius 2 is 2.09 bits per heavy atom. The van der Waals surface area contributed by atoms with Gasteiger partial charge in [-0.25, -0.2) is 4.31 Å². The fourth-order valence-electron chi connectivity index (χ4n) is 0.228. The molecule has 0 aliphatic heterocycles. The molecule has 0 aromatic heterocycles. The topological polar surface area (TPSA) is 108 Å². The van der Waals surface area contributed by atoms with E-state index in [9.17, 15) is 9.13 Å². The van der Waals surface area contributed by atoms with Crippen molar-refractivity contribution in [3.63, 3.8) is 0 Å². The summed E-state index contributed by atoms with van der Waals surface area (Å²) in [5.41, 5.74) is 0. The lowest BCUT2D eigenvalue weighted by Crippen LogP contribution is -1.78. The first-order valence-electron chi connectivity index (χ1n) is 2.35. The Hall–Kier alpha value is 0.0400. The maximum Gasteiger partial charge on any atom is 0.326 e. The van der Waals surface area contributed by atoms with E-state index in [4.69, 9.17) is 4.89 Å². The highest BCUT2D eigenvalue weighted by Crippen LogP contribution is 2.35. The molecule has 0 fully saturated rings. The number of hydrogen-bond donors (Lipinski definition) is 2. The monoisotopic (exact) mass is 203 g/mol. The van der Waals surface area contributed by atoms with Gasteiger partial charge in [-0.05, 0) is 0 Å². The second-order valence-corrected chi connectivity index (χ2v) is 3.35. The molecule has 6 nitrogen and oxygen atoms in total. The molecule has 0 saturated heterocycles. The molecule has 0 rings (SSSR count). The van der Waals surface area contributed by atoms with Crippen molar-refractivity contribution in [2.45, 2.75) is 0 Å². The summed E-state index contributed by atoms with van der Waals surface area (Å²) in [6.07, 6.45) is 1.36. The van der Waals surface area contributed by atoms with Crippen LogP contribution in [0.4, 0.5) is 0 Å². The highest BCUT2D eigenvalue weighted by Gasteiger charge is 2.00. The van der Waals surface area contributed by atoms with Crippen LogP contribution in [0.2, 0.25) is 0 Å². The molecule has 0 aromatic rings. The SMILES string of the molecule is C=CCO[PH](=O)O[PH](=O)O.N. The molecular formula is C3H11NO5P2. The van der Waals surface area contributed by atoms with Crippen LogP contribution in [0.15, 0.2) is 12.7 Å². The second-order valence-electron chi connectivity index (χ2n) is 1.22. The predicted octanol–water partition coefficient (Wildman–Crippen LogP) is 1.14. The molecule has 68 valence electrons. The quantitative estimate of drug-likeness (QED) is 0.512. The summed E-state index contributed by atoms with van der Waals surface area (Å²) in [6.45, 7) is 3.32. The Morgan fingerprint density at radius 1 is 1.55 bits per heavy atom. The molecule has 11 heavy (non-hydrogen) atoms. The lowest BCUT2D eigenvalue weighted by molar-refractivity contribution is 0.307. The summed E-state index contributed by atoms with van der Waals surface area (Å²) >= 11 is 0. The van der Waals surface area contributed by atoms with E-state index >= 15 is 0 Å². The molecule has 2 unspecified atom stereocenters. The minimum Gasteiger partial charge on any atom is -0.344 e. The fourth-order valence-corrected chi connectivity index (χ4v) is 1.29. The molecule has 0 bridgehead atoms. The third kappa shape index (κ3) is 10.0. The zero-order chi connectivity index (χ0) is 7.98. The van der Waals surface area contributed by atoms with E-state index in [0.29, 0.717) is 0 Å². The average Bonchev–Trinajstić information content (AvgIpc) is 1.82. The summed E-state index contributed by atoms with van der Waals surface area (Å²) in [5, 5.41) is 0. The molecule has 8 heteroatoms. The zero-order valence-electron chi connectivity index (χ0n) is 5.78. The van der Waals surface area contributed by atoms with Gasteiger partial charge in [0.1, 0.15) is 0 Å². The van der Waals surface area contributed by atoms with Gasteiger partial charge in [-0.3, -0.25) is 9.13 Å². The summed E-state index contributed by atoms with van der Waals surface area (Å²) in [4.78, 5) is 8.07. The van der Waals surface area contributed by atoms with Crippen molar-refractivity contribution in [2.24, 2.45) is 0 Å². The minimum atomic E-state index is -3.14. The Balaban J connectivity index is 0. The third-order valence-corrected chi connectivity index (χ3v) is 2.26. The Morgan fingerprint density at radius 3 is 2.45 bits per heavy atom. The first-order chi connectivity index (χ1) is 4.66. The minimum absolute atomic E-state index is 0. The van der Waals surface area contributed by atoms with E-state index in [-0.39, 0.29) is 12.8 Å². The van der Waals surface area contributed by atoms with Gasteiger partial charge in [0.15, 0.2) is 0 Å². The summed E-state index contributed by atoms with van der Waals surface area (Å²) in [5.74, 6) is 0. The van der Waals surface area contributed by atoms with E-state index in [0.717, 1.165) is 0 Å². The second kappa shape index (κ2) is 8.14.